The maximum atomic E-state index is 12.7. The Kier molecular flexibility index (Phi) is 4.98. The summed E-state index contributed by atoms with van der Waals surface area (Å²) in [6.45, 7) is 1.68. The van der Waals surface area contributed by atoms with Gasteiger partial charge < -0.3 is 0 Å². The molecule has 0 atom stereocenters. The van der Waals surface area contributed by atoms with Gasteiger partial charge in [-0.25, -0.2) is 9.97 Å². The highest BCUT2D eigenvalue weighted by atomic mass is 32.2. The fourth-order valence-electron chi connectivity index (χ4n) is 1.69. The Morgan fingerprint density at radius 1 is 1.18 bits per heavy atom. The Hall–Kier alpha value is -1.72. The standard InChI is InChI=1S/C14H10F3N3S2/c1-8-19-12(21-2)11(7-18)13(20-8)22-10-5-3-4-9(6-10)14(15,16)17/h3-6H,1-2H3. The van der Waals surface area contributed by atoms with Gasteiger partial charge >= 0.3 is 6.18 Å². The lowest BCUT2D eigenvalue weighted by Crippen LogP contribution is -2.04. The fourth-order valence-corrected chi connectivity index (χ4v) is 3.30. The smallest absolute Gasteiger partial charge is 0.225 e. The molecule has 0 amide bonds. The number of hydrogen-bond acceptors (Lipinski definition) is 5. The molecular formula is C14H10F3N3S2. The molecule has 0 aliphatic heterocycles. The van der Waals surface area contributed by atoms with Crippen molar-refractivity contribution in [3.8, 4) is 6.07 Å². The van der Waals surface area contributed by atoms with Gasteiger partial charge in [-0.3, -0.25) is 0 Å². The van der Waals surface area contributed by atoms with Crippen molar-refractivity contribution in [1.29, 1.82) is 5.26 Å². The van der Waals surface area contributed by atoms with E-state index in [1.165, 1.54) is 17.8 Å². The van der Waals surface area contributed by atoms with Gasteiger partial charge in [0.05, 0.1) is 5.56 Å². The topological polar surface area (TPSA) is 49.6 Å². The van der Waals surface area contributed by atoms with Crippen LogP contribution in [-0.4, -0.2) is 16.2 Å². The van der Waals surface area contributed by atoms with E-state index in [0.717, 1.165) is 23.9 Å². The van der Waals surface area contributed by atoms with E-state index >= 15 is 0 Å². The van der Waals surface area contributed by atoms with Crippen LogP contribution in [0.1, 0.15) is 17.0 Å². The van der Waals surface area contributed by atoms with Crippen LogP contribution >= 0.6 is 23.5 Å². The molecule has 0 fully saturated rings. The zero-order chi connectivity index (χ0) is 16.3. The van der Waals surface area contributed by atoms with Crippen molar-refractivity contribution >= 4 is 23.5 Å². The van der Waals surface area contributed by atoms with E-state index in [-0.39, 0.29) is 5.56 Å². The van der Waals surface area contributed by atoms with Crippen molar-refractivity contribution in [2.75, 3.05) is 6.26 Å². The van der Waals surface area contributed by atoms with Gasteiger partial charge in [0.1, 0.15) is 27.5 Å². The summed E-state index contributed by atoms with van der Waals surface area (Å²) in [6.07, 6.45) is -2.62. The van der Waals surface area contributed by atoms with Gasteiger partial charge in [0.15, 0.2) is 0 Å². The number of nitriles is 1. The summed E-state index contributed by atoms with van der Waals surface area (Å²) in [5, 5.41) is 10.1. The summed E-state index contributed by atoms with van der Waals surface area (Å²) >= 11 is 2.33. The molecule has 1 heterocycles. The van der Waals surface area contributed by atoms with Crippen LogP contribution < -0.4 is 0 Å². The summed E-state index contributed by atoms with van der Waals surface area (Å²) in [6, 6.07) is 6.96. The van der Waals surface area contributed by atoms with Crippen molar-refractivity contribution < 1.29 is 13.2 Å². The van der Waals surface area contributed by atoms with Gasteiger partial charge in [0, 0.05) is 4.90 Å². The van der Waals surface area contributed by atoms with Crippen molar-refractivity contribution in [3.05, 3.63) is 41.2 Å². The van der Waals surface area contributed by atoms with Crippen LogP contribution in [0.25, 0.3) is 0 Å². The van der Waals surface area contributed by atoms with E-state index in [2.05, 4.69) is 9.97 Å². The first kappa shape index (κ1) is 16.6. The van der Waals surface area contributed by atoms with Gasteiger partial charge in [-0.05, 0) is 31.4 Å². The molecule has 2 rings (SSSR count). The maximum Gasteiger partial charge on any atom is 0.416 e. The van der Waals surface area contributed by atoms with Crippen LogP contribution in [0.3, 0.4) is 0 Å². The molecule has 1 aromatic heterocycles. The molecular weight excluding hydrogens is 331 g/mol. The van der Waals surface area contributed by atoms with Gasteiger partial charge in [0.25, 0.3) is 0 Å². The monoisotopic (exact) mass is 341 g/mol. The average molecular weight is 341 g/mol. The molecule has 2 aromatic rings. The molecule has 0 aliphatic rings. The minimum Gasteiger partial charge on any atom is -0.225 e. The Morgan fingerprint density at radius 2 is 1.86 bits per heavy atom. The molecule has 0 unspecified atom stereocenters. The summed E-state index contributed by atoms with van der Waals surface area (Å²) < 4.78 is 38.2. The first-order valence-electron chi connectivity index (χ1n) is 6.03. The van der Waals surface area contributed by atoms with E-state index in [4.69, 9.17) is 0 Å². The number of aromatic nitrogens is 2. The lowest BCUT2D eigenvalue weighted by Gasteiger charge is -2.10. The van der Waals surface area contributed by atoms with E-state index in [1.54, 1.807) is 19.2 Å². The van der Waals surface area contributed by atoms with Crippen LogP contribution in [0.5, 0.6) is 0 Å². The predicted molar refractivity (Wildman–Crippen MR) is 78.8 cm³/mol. The van der Waals surface area contributed by atoms with E-state index in [9.17, 15) is 18.4 Å². The second kappa shape index (κ2) is 6.58. The molecule has 8 heteroatoms. The molecule has 0 spiro atoms. The highest BCUT2D eigenvalue weighted by Crippen LogP contribution is 2.36. The minimum absolute atomic E-state index is 0.278. The minimum atomic E-state index is -4.40. The number of hydrogen-bond donors (Lipinski definition) is 0. The normalized spacial score (nSPS) is 11.3. The third kappa shape index (κ3) is 3.72. The summed E-state index contributed by atoms with van der Waals surface area (Å²) in [4.78, 5) is 8.70. The Balaban J connectivity index is 2.44. The number of benzene rings is 1. The van der Waals surface area contributed by atoms with Gasteiger partial charge in [0.2, 0.25) is 0 Å². The highest BCUT2D eigenvalue weighted by Gasteiger charge is 2.30. The number of thioether (sulfide) groups is 1. The Bertz CT molecular complexity index is 739. The van der Waals surface area contributed by atoms with E-state index in [1.807, 2.05) is 6.07 Å². The number of aryl methyl sites for hydroxylation is 1. The first-order chi connectivity index (χ1) is 10.3. The predicted octanol–water partition coefficient (Wildman–Crippen LogP) is 4.55. The third-order valence-electron chi connectivity index (χ3n) is 2.64. The van der Waals surface area contributed by atoms with Crippen LogP contribution in [0.2, 0.25) is 0 Å². The van der Waals surface area contributed by atoms with Crippen LogP contribution in [0.15, 0.2) is 39.2 Å². The molecule has 3 nitrogen and oxygen atoms in total. The van der Waals surface area contributed by atoms with Gasteiger partial charge in [-0.2, -0.15) is 18.4 Å². The molecule has 0 saturated carbocycles. The lowest BCUT2D eigenvalue weighted by molar-refractivity contribution is -0.137. The van der Waals surface area contributed by atoms with Crippen LogP contribution in [-0.2, 0) is 6.18 Å². The number of rotatable bonds is 3. The summed E-state index contributed by atoms with van der Waals surface area (Å²) in [5.41, 5.74) is -0.451. The van der Waals surface area contributed by atoms with Crippen molar-refractivity contribution in [3.63, 3.8) is 0 Å². The summed E-state index contributed by atoms with van der Waals surface area (Å²) in [5.74, 6) is 0.470. The molecule has 0 N–H and O–H groups in total. The molecule has 1 aromatic carbocycles. The Morgan fingerprint density at radius 3 is 2.45 bits per heavy atom. The number of alkyl halides is 3. The zero-order valence-corrected chi connectivity index (χ0v) is 13.2. The van der Waals surface area contributed by atoms with E-state index in [0.29, 0.717) is 20.8 Å². The van der Waals surface area contributed by atoms with Crippen LogP contribution in [0, 0.1) is 18.3 Å². The van der Waals surface area contributed by atoms with Gasteiger partial charge in [-0.1, -0.05) is 17.8 Å². The van der Waals surface area contributed by atoms with E-state index < -0.39 is 11.7 Å². The second-order valence-electron chi connectivity index (χ2n) is 4.20. The third-order valence-corrected chi connectivity index (χ3v) is 4.30. The second-order valence-corrected chi connectivity index (χ2v) is 6.06. The number of nitrogens with zero attached hydrogens (tertiary/aromatic N) is 3. The summed E-state index contributed by atoms with van der Waals surface area (Å²) in [7, 11) is 0. The first-order valence-corrected chi connectivity index (χ1v) is 8.07. The highest BCUT2D eigenvalue weighted by molar-refractivity contribution is 7.99. The van der Waals surface area contributed by atoms with Crippen LogP contribution in [0.4, 0.5) is 13.2 Å². The quantitative estimate of drug-likeness (QED) is 0.605. The number of halogens is 3. The SMILES string of the molecule is CSc1nc(C)nc(Sc2cccc(C(F)(F)F)c2)c1C#N. The molecule has 0 saturated heterocycles. The zero-order valence-electron chi connectivity index (χ0n) is 11.6. The molecule has 0 aliphatic carbocycles. The fraction of sp³-hybridized carbons (Fsp3) is 0.214. The average Bonchev–Trinajstić information content (AvgIpc) is 2.46. The molecule has 0 radical (unpaired) electrons. The van der Waals surface area contributed by atoms with Crippen molar-refractivity contribution in [1.82, 2.24) is 9.97 Å². The molecule has 0 bridgehead atoms. The lowest BCUT2D eigenvalue weighted by atomic mass is 10.2. The van der Waals surface area contributed by atoms with Crippen molar-refractivity contribution in [2.24, 2.45) is 0 Å². The Labute approximate surface area is 134 Å². The molecule has 22 heavy (non-hydrogen) atoms. The van der Waals surface area contributed by atoms with Crippen molar-refractivity contribution in [2.45, 2.75) is 28.0 Å². The van der Waals surface area contributed by atoms with Gasteiger partial charge in [-0.15, -0.1) is 11.8 Å². The maximum absolute atomic E-state index is 12.7. The molecule has 114 valence electrons. The largest absolute Gasteiger partial charge is 0.416 e.